The number of hydrogen-bond acceptors (Lipinski definition) is 8. The van der Waals surface area contributed by atoms with Crippen LogP contribution in [0.2, 0.25) is 0 Å². The smallest absolute Gasteiger partial charge is 0.341 e. The van der Waals surface area contributed by atoms with E-state index in [1.807, 2.05) is 78.9 Å². The maximum atomic E-state index is 13.1. The van der Waals surface area contributed by atoms with Gasteiger partial charge in [0.05, 0.1) is 46.2 Å². The maximum Gasteiger partial charge on any atom is 0.341 e. The molecule has 1 fully saturated rings. The molecule has 4 aromatic carbocycles. The highest BCUT2D eigenvalue weighted by Crippen LogP contribution is 2.42. The third-order valence-corrected chi connectivity index (χ3v) is 8.04. The van der Waals surface area contributed by atoms with Crippen molar-refractivity contribution in [3.8, 4) is 17.2 Å². The van der Waals surface area contributed by atoms with Crippen LogP contribution in [0.3, 0.4) is 0 Å². The molecule has 8 nitrogen and oxygen atoms in total. The van der Waals surface area contributed by atoms with Crippen molar-refractivity contribution in [2.45, 2.75) is 24.7 Å². The number of rotatable bonds is 12. The normalized spacial score (nSPS) is 13.8. The van der Waals surface area contributed by atoms with E-state index in [4.69, 9.17) is 28.4 Å². The summed E-state index contributed by atoms with van der Waals surface area (Å²) in [7, 11) is 3.27. The number of halogens is 1. The molecule has 0 unspecified atom stereocenters. The summed E-state index contributed by atoms with van der Waals surface area (Å²) in [6, 6.07) is 28.9. The molecule has 9 heteroatoms. The average Bonchev–Trinajstić information content (AvgIpc) is 3.08. The number of carbonyl (C=O) groups excluding carboxylic acids is 1. The van der Waals surface area contributed by atoms with Gasteiger partial charge in [-0.1, -0.05) is 54.6 Å². The van der Waals surface area contributed by atoms with E-state index in [0.29, 0.717) is 25.2 Å². The van der Waals surface area contributed by atoms with Gasteiger partial charge in [0.2, 0.25) is 0 Å². The topological polar surface area (TPSA) is 92.7 Å². The number of aromatic hydroxyl groups is 1. The summed E-state index contributed by atoms with van der Waals surface area (Å²) in [5.74, 6) is 0.653. The Morgan fingerprint density at radius 1 is 0.841 bits per heavy atom. The van der Waals surface area contributed by atoms with E-state index in [-0.39, 0.29) is 24.5 Å². The van der Waals surface area contributed by atoms with E-state index in [9.17, 15) is 9.90 Å². The first-order valence-corrected chi connectivity index (χ1v) is 15.5. The lowest BCUT2D eigenvalue weighted by Crippen LogP contribution is -2.33. The standard InChI is InChI=1S/C35H35IO8/c1-39-28-14-10-25(11-15-28)35(24-8-4-3-5-9-24,26-12-16-29(40-2)17-13-26)44-21-7-18-41-33(38)30-22-27(36)23-31(32(30)37)34-42-19-6-20-43-34/h3-5,8-17,22-23,34,37H,6-7,18-21H2,1-2H3. The van der Waals surface area contributed by atoms with Crippen molar-refractivity contribution in [2.24, 2.45) is 0 Å². The van der Waals surface area contributed by atoms with Gasteiger partial charge in [-0.15, -0.1) is 0 Å². The largest absolute Gasteiger partial charge is 0.507 e. The first-order valence-electron chi connectivity index (χ1n) is 14.4. The van der Waals surface area contributed by atoms with Crippen LogP contribution < -0.4 is 9.47 Å². The van der Waals surface area contributed by atoms with E-state index >= 15 is 0 Å². The van der Waals surface area contributed by atoms with E-state index in [1.165, 1.54) is 0 Å². The third-order valence-electron chi connectivity index (χ3n) is 7.42. The molecular weight excluding hydrogens is 675 g/mol. The Morgan fingerprint density at radius 2 is 1.41 bits per heavy atom. The van der Waals surface area contributed by atoms with Gasteiger partial charge in [-0.05, 0) is 82.1 Å². The minimum absolute atomic E-state index is 0.0701. The minimum atomic E-state index is -0.966. The van der Waals surface area contributed by atoms with Gasteiger partial charge in [0.25, 0.3) is 0 Å². The minimum Gasteiger partial charge on any atom is -0.507 e. The maximum absolute atomic E-state index is 13.1. The summed E-state index contributed by atoms with van der Waals surface area (Å²) in [5, 5.41) is 10.9. The Kier molecular flexibility index (Phi) is 10.8. The number of hydrogen-bond donors (Lipinski definition) is 1. The average molecular weight is 711 g/mol. The predicted molar refractivity (Wildman–Crippen MR) is 173 cm³/mol. The second kappa shape index (κ2) is 14.9. The molecule has 1 aliphatic heterocycles. The first kappa shape index (κ1) is 31.8. The molecule has 4 aromatic rings. The molecular formula is C35H35IO8. The zero-order valence-electron chi connectivity index (χ0n) is 24.7. The van der Waals surface area contributed by atoms with Crippen LogP contribution in [0.15, 0.2) is 91.0 Å². The summed E-state index contributed by atoms with van der Waals surface area (Å²) in [6.45, 7) is 1.40. The van der Waals surface area contributed by atoms with Crippen LogP contribution in [0.5, 0.6) is 17.2 Å². The number of carbonyl (C=O) groups is 1. The Balaban J connectivity index is 1.35. The van der Waals surface area contributed by atoms with Crippen LogP contribution in [0.4, 0.5) is 0 Å². The fourth-order valence-electron chi connectivity index (χ4n) is 5.22. The zero-order chi connectivity index (χ0) is 30.9. The molecule has 1 aliphatic rings. The molecule has 0 radical (unpaired) electrons. The van der Waals surface area contributed by atoms with Crippen molar-refractivity contribution in [1.29, 1.82) is 0 Å². The predicted octanol–water partition coefficient (Wildman–Crippen LogP) is 7.01. The van der Waals surface area contributed by atoms with Crippen molar-refractivity contribution in [2.75, 3.05) is 40.6 Å². The molecule has 1 N–H and O–H groups in total. The van der Waals surface area contributed by atoms with Crippen LogP contribution in [-0.4, -0.2) is 51.7 Å². The number of methoxy groups -OCH3 is 2. The molecule has 1 heterocycles. The number of esters is 1. The van der Waals surface area contributed by atoms with Crippen LogP contribution in [0.25, 0.3) is 0 Å². The van der Waals surface area contributed by atoms with Crippen LogP contribution in [-0.2, 0) is 24.5 Å². The van der Waals surface area contributed by atoms with Gasteiger partial charge >= 0.3 is 5.97 Å². The number of benzene rings is 4. The van der Waals surface area contributed by atoms with Crippen molar-refractivity contribution >= 4 is 28.6 Å². The molecule has 230 valence electrons. The molecule has 0 bridgehead atoms. The highest BCUT2D eigenvalue weighted by Gasteiger charge is 2.38. The van der Waals surface area contributed by atoms with E-state index < -0.39 is 17.9 Å². The Bertz CT molecular complexity index is 1470. The summed E-state index contributed by atoms with van der Waals surface area (Å²) < 4.78 is 35.3. The fourth-order valence-corrected chi connectivity index (χ4v) is 5.87. The van der Waals surface area contributed by atoms with Gasteiger partial charge < -0.3 is 33.5 Å². The number of phenolic OH excluding ortho intramolecular Hbond substituents is 1. The molecule has 0 saturated carbocycles. The highest BCUT2D eigenvalue weighted by atomic mass is 127. The lowest BCUT2D eigenvalue weighted by atomic mass is 9.80. The molecule has 0 aliphatic carbocycles. The van der Waals surface area contributed by atoms with Gasteiger partial charge in [0, 0.05) is 9.99 Å². The SMILES string of the molecule is COc1ccc(C(OCCCOC(=O)c2cc(I)cc(C3OCCCO3)c2O)(c2ccccc2)c2ccc(OC)cc2)cc1. The summed E-state index contributed by atoms with van der Waals surface area (Å²) in [5.41, 5.74) is 2.28. The van der Waals surface area contributed by atoms with Crippen LogP contribution in [0, 0.1) is 3.57 Å². The molecule has 44 heavy (non-hydrogen) atoms. The first-order chi connectivity index (χ1) is 21.5. The lowest BCUT2D eigenvalue weighted by Gasteiger charge is -2.36. The molecule has 0 amide bonds. The van der Waals surface area contributed by atoms with Gasteiger partial charge in [-0.2, -0.15) is 0 Å². The van der Waals surface area contributed by atoms with E-state index in [0.717, 1.165) is 38.2 Å². The third kappa shape index (κ3) is 7.02. The fraction of sp³-hybridized carbons (Fsp3) is 0.286. The molecule has 0 aromatic heterocycles. The summed E-state index contributed by atoms with van der Waals surface area (Å²) in [6.07, 6.45) is 0.472. The van der Waals surface area contributed by atoms with Crippen LogP contribution >= 0.6 is 22.6 Å². The van der Waals surface area contributed by atoms with E-state index in [1.54, 1.807) is 26.4 Å². The quantitative estimate of drug-likeness (QED) is 0.0728. The monoisotopic (exact) mass is 710 g/mol. The summed E-state index contributed by atoms with van der Waals surface area (Å²) in [4.78, 5) is 13.1. The summed E-state index contributed by atoms with van der Waals surface area (Å²) >= 11 is 2.10. The van der Waals surface area contributed by atoms with Gasteiger partial charge in [0.1, 0.15) is 28.4 Å². The number of ether oxygens (including phenoxy) is 6. The highest BCUT2D eigenvalue weighted by molar-refractivity contribution is 14.1. The van der Waals surface area contributed by atoms with E-state index in [2.05, 4.69) is 22.6 Å². The molecule has 0 atom stereocenters. The molecule has 0 spiro atoms. The van der Waals surface area contributed by atoms with Crippen molar-refractivity contribution in [3.63, 3.8) is 0 Å². The Hall–Kier alpha value is -3.64. The Morgan fingerprint density at radius 3 is 1.98 bits per heavy atom. The second-order valence-electron chi connectivity index (χ2n) is 10.2. The van der Waals surface area contributed by atoms with Gasteiger partial charge in [-0.3, -0.25) is 0 Å². The second-order valence-corrected chi connectivity index (χ2v) is 11.4. The number of phenols is 1. The molecule has 1 saturated heterocycles. The zero-order valence-corrected chi connectivity index (χ0v) is 26.8. The lowest BCUT2D eigenvalue weighted by molar-refractivity contribution is -0.183. The van der Waals surface area contributed by atoms with Gasteiger partial charge in [0.15, 0.2) is 6.29 Å². The van der Waals surface area contributed by atoms with Crippen molar-refractivity contribution in [3.05, 3.63) is 122 Å². The van der Waals surface area contributed by atoms with Crippen LogP contribution in [0.1, 0.15) is 51.7 Å². The van der Waals surface area contributed by atoms with Crippen molar-refractivity contribution < 1.29 is 38.3 Å². The van der Waals surface area contributed by atoms with Gasteiger partial charge in [-0.25, -0.2) is 4.79 Å². The Labute approximate surface area is 271 Å². The van der Waals surface area contributed by atoms with Crippen molar-refractivity contribution in [1.82, 2.24) is 0 Å². The molecule has 5 rings (SSSR count).